The van der Waals surface area contributed by atoms with Crippen LogP contribution in [0, 0.1) is 0 Å². The van der Waals surface area contributed by atoms with E-state index < -0.39 is 31.3 Å². The minimum absolute atomic E-state index is 0.826. The standard InChI is InChI=1S/C5H6BNO6/c1-2(7)3(8)11-6-12-4(9)5(10)13-6/h2H,7H2,1H3. The molecule has 0 radical (unpaired) electrons. The Morgan fingerprint density at radius 3 is 2.31 bits per heavy atom. The van der Waals surface area contributed by atoms with Crippen molar-refractivity contribution >= 4 is 25.2 Å². The average Bonchev–Trinajstić information content (AvgIpc) is 2.31. The summed E-state index contributed by atoms with van der Waals surface area (Å²) in [5.41, 5.74) is 5.13. The van der Waals surface area contributed by atoms with Crippen LogP contribution in [0.1, 0.15) is 6.92 Å². The van der Waals surface area contributed by atoms with Crippen LogP contribution in [0.5, 0.6) is 0 Å². The third kappa shape index (κ3) is 2.18. The molecule has 13 heavy (non-hydrogen) atoms. The minimum Gasteiger partial charge on any atom is -0.461 e. The quantitative estimate of drug-likeness (QED) is 0.392. The Morgan fingerprint density at radius 1 is 1.46 bits per heavy atom. The molecule has 0 aromatic rings. The van der Waals surface area contributed by atoms with Crippen LogP contribution in [0.25, 0.3) is 0 Å². The molecule has 1 rings (SSSR count). The molecule has 70 valence electrons. The maximum Gasteiger partial charge on any atom is 0.870 e. The van der Waals surface area contributed by atoms with E-state index in [0.717, 1.165) is 0 Å². The van der Waals surface area contributed by atoms with Gasteiger partial charge in [-0.2, -0.15) is 0 Å². The number of carbonyl (C=O) groups is 3. The summed E-state index contributed by atoms with van der Waals surface area (Å²) in [5, 5.41) is 0. The molecule has 0 spiro atoms. The lowest BCUT2D eigenvalue weighted by molar-refractivity contribution is -0.150. The fourth-order valence-electron chi connectivity index (χ4n) is 0.545. The highest BCUT2D eigenvalue weighted by Crippen LogP contribution is 2.04. The molecule has 0 saturated carbocycles. The summed E-state index contributed by atoms with van der Waals surface area (Å²) in [5.74, 6) is -3.21. The van der Waals surface area contributed by atoms with E-state index in [0.29, 0.717) is 0 Å². The maximum atomic E-state index is 10.8. The van der Waals surface area contributed by atoms with Crippen molar-refractivity contribution in [3.05, 3.63) is 0 Å². The summed E-state index contributed by atoms with van der Waals surface area (Å²) in [6, 6.07) is -0.877. The summed E-state index contributed by atoms with van der Waals surface area (Å²) in [7, 11) is -1.60. The van der Waals surface area contributed by atoms with E-state index in [4.69, 9.17) is 5.73 Å². The van der Waals surface area contributed by atoms with E-state index in [-0.39, 0.29) is 0 Å². The van der Waals surface area contributed by atoms with E-state index in [1.807, 2.05) is 0 Å². The first-order valence-corrected chi connectivity index (χ1v) is 3.38. The Labute approximate surface area is 73.3 Å². The van der Waals surface area contributed by atoms with Crippen LogP contribution in [-0.4, -0.2) is 31.3 Å². The molecule has 0 aromatic carbocycles. The van der Waals surface area contributed by atoms with E-state index in [9.17, 15) is 14.4 Å². The van der Waals surface area contributed by atoms with Crippen molar-refractivity contribution in [1.82, 2.24) is 0 Å². The second-order valence-corrected chi connectivity index (χ2v) is 2.32. The SMILES string of the molecule is CC(N)C(=O)OB1OC(=O)C(=O)O1. The maximum absolute atomic E-state index is 10.8. The van der Waals surface area contributed by atoms with Crippen molar-refractivity contribution in [3.63, 3.8) is 0 Å². The fraction of sp³-hybridized carbons (Fsp3) is 0.400. The Balaban J connectivity index is 2.45. The molecule has 2 N–H and O–H groups in total. The monoisotopic (exact) mass is 187 g/mol. The minimum atomic E-state index is -1.60. The second-order valence-electron chi connectivity index (χ2n) is 2.32. The summed E-state index contributed by atoms with van der Waals surface area (Å²) in [6.45, 7) is 1.38. The normalized spacial score (nSPS) is 17.8. The van der Waals surface area contributed by atoms with Crippen LogP contribution in [0.4, 0.5) is 0 Å². The number of carbonyl (C=O) groups excluding carboxylic acids is 3. The van der Waals surface area contributed by atoms with Gasteiger partial charge in [-0.1, -0.05) is 0 Å². The number of hydrogen-bond donors (Lipinski definition) is 1. The Bertz CT molecular complexity index is 248. The van der Waals surface area contributed by atoms with Gasteiger partial charge in [0.15, 0.2) is 0 Å². The van der Waals surface area contributed by atoms with Crippen molar-refractivity contribution < 1.29 is 28.3 Å². The van der Waals surface area contributed by atoms with Gasteiger partial charge in [0.2, 0.25) is 0 Å². The molecule has 7 nitrogen and oxygen atoms in total. The van der Waals surface area contributed by atoms with Gasteiger partial charge >= 0.3 is 25.2 Å². The Hall–Kier alpha value is -1.57. The molecular weight excluding hydrogens is 181 g/mol. The summed E-state index contributed by atoms with van der Waals surface area (Å²) >= 11 is 0. The highest BCUT2D eigenvalue weighted by molar-refractivity contribution is 6.56. The number of hydrogen-bond acceptors (Lipinski definition) is 7. The van der Waals surface area contributed by atoms with Gasteiger partial charge in [0.1, 0.15) is 0 Å². The van der Waals surface area contributed by atoms with Gasteiger partial charge < -0.3 is 19.7 Å². The molecule has 0 aromatic heterocycles. The fourth-order valence-corrected chi connectivity index (χ4v) is 0.545. The van der Waals surface area contributed by atoms with E-state index in [2.05, 4.69) is 14.0 Å². The molecular formula is C5H6BNO6. The largest absolute Gasteiger partial charge is 0.870 e. The predicted octanol–water partition coefficient (Wildman–Crippen LogP) is -2.04. The number of nitrogens with two attached hydrogens (primary N) is 1. The van der Waals surface area contributed by atoms with Crippen LogP contribution >= 0.6 is 0 Å². The van der Waals surface area contributed by atoms with Gasteiger partial charge in [0.05, 0.1) is 6.04 Å². The third-order valence-corrected chi connectivity index (χ3v) is 1.16. The molecule has 1 saturated heterocycles. The second kappa shape index (κ2) is 3.44. The van der Waals surface area contributed by atoms with Crippen molar-refractivity contribution in [1.29, 1.82) is 0 Å². The zero-order valence-electron chi connectivity index (χ0n) is 6.68. The molecule has 1 heterocycles. The van der Waals surface area contributed by atoms with Gasteiger partial charge in [-0.15, -0.1) is 0 Å². The molecule has 0 amide bonds. The zero-order chi connectivity index (χ0) is 10.0. The first-order valence-electron chi connectivity index (χ1n) is 3.38. The Kier molecular flexibility index (Phi) is 2.52. The van der Waals surface area contributed by atoms with Crippen LogP contribution < -0.4 is 5.73 Å². The van der Waals surface area contributed by atoms with Crippen molar-refractivity contribution in [2.45, 2.75) is 13.0 Å². The topological polar surface area (TPSA) is 105 Å². The highest BCUT2D eigenvalue weighted by atomic mass is 16.8. The molecule has 1 fully saturated rings. The first-order chi connectivity index (χ1) is 6.00. The van der Waals surface area contributed by atoms with Crippen LogP contribution in [-0.2, 0) is 28.3 Å². The smallest absolute Gasteiger partial charge is 0.461 e. The lowest BCUT2D eigenvalue weighted by atomic mass is 10.2. The van der Waals surface area contributed by atoms with Crippen LogP contribution in [0.3, 0.4) is 0 Å². The average molecular weight is 187 g/mol. The molecule has 1 aliphatic heterocycles. The summed E-state index contributed by atoms with van der Waals surface area (Å²) in [6.07, 6.45) is 0. The summed E-state index contributed by atoms with van der Waals surface area (Å²) in [4.78, 5) is 31.6. The molecule has 8 heteroatoms. The van der Waals surface area contributed by atoms with Gasteiger partial charge in [-0.3, -0.25) is 4.79 Å². The number of rotatable bonds is 2. The van der Waals surface area contributed by atoms with E-state index in [1.54, 1.807) is 0 Å². The van der Waals surface area contributed by atoms with Crippen molar-refractivity contribution in [2.75, 3.05) is 0 Å². The molecule has 0 aliphatic carbocycles. The lowest BCUT2D eigenvalue weighted by Crippen LogP contribution is -2.35. The molecule has 1 atom stereocenters. The predicted molar refractivity (Wildman–Crippen MR) is 37.7 cm³/mol. The Morgan fingerprint density at radius 2 is 1.92 bits per heavy atom. The molecule has 1 aliphatic rings. The lowest BCUT2D eigenvalue weighted by Gasteiger charge is -2.05. The summed E-state index contributed by atoms with van der Waals surface area (Å²) < 4.78 is 12.7. The third-order valence-electron chi connectivity index (χ3n) is 1.16. The first kappa shape index (κ1) is 9.52. The van der Waals surface area contributed by atoms with Gasteiger partial charge in [0.25, 0.3) is 0 Å². The van der Waals surface area contributed by atoms with Crippen molar-refractivity contribution in [2.24, 2.45) is 5.73 Å². The van der Waals surface area contributed by atoms with E-state index >= 15 is 0 Å². The van der Waals surface area contributed by atoms with Crippen LogP contribution in [0.15, 0.2) is 0 Å². The molecule has 0 bridgehead atoms. The van der Waals surface area contributed by atoms with Gasteiger partial charge in [-0.05, 0) is 6.92 Å². The molecule has 1 unspecified atom stereocenters. The zero-order valence-corrected chi connectivity index (χ0v) is 6.68. The van der Waals surface area contributed by atoms with Gasteiger partial charge in [-0.25, -0.2) is 9.59 Å². The van der Waals surface area contributed by atoms with Crippen molar-refractivity contribution in [3.8, 4) is 0 Å². The van der Waals surface area contributed by atoms with E-state index in [1.165, 1.54) is 6.92 Å². The highest BCUT2D eigenvalue weighted by Gasteiger charge is 2.47. The van der Waals surface area contributed by atoms with Crippen LogP contribution in [0.2, 0.25) is 0 Å². The van der Waals surface area contributed by atoms with Gasteiger partial charge in [0, 0.05) is 0 Å².